The Kier molecular flexibility index (Phi) is 5.86. The van der Waals surface area contributed by atoms with E-state index < -0.39 is 0 Å². The standard InChI is InChI=1S/C20H19ClFN3O2/c1-13(2)12-27-20-23-19(15-4-3-5-16(21)11-15)25(24-20)18(26)10-14-6-8-17(22)9-7-14/h3-9,11,13H,10,12H2,1-2H3. The zero-order valence-corrected chi connectivity index (χ0v) is 15.8. The molecule has 7 heteroatoms. The van der Waals surface area contributed by atoms with Gasteiger partial charge in [-0.25, -0.2) is 4.39 Å². The van der Waals surface area contributed by atoms with Crippen LogP contribution in [0.15, 0.2) is 48.5 Å². The Balaban J connectivity index is 1.93. The van der Waals surface area contributed by atoms with E-state index in [1.807, 2.05) is 13.8 Å². The summed E-state index contributed by atoms with van der Waals surface area (Å²) in [6.45, 7) is 4.45. The summed E-state index contributed by atoms with van der Waals surface area (Å²) in [5, 5.41) is 4.74. The van der Waals surface area contributed by atoms with Gasteiger partial charge in [-0.05, 0) is 35.7 Å². The van der Waals surface area contributed by atoms with E-state index in [4.69, 9.17) is 16.3 Å². The van der Waals surface area contributed by atoms with Gasteiger partial charge in [-0.15, -0.1) is 5.10 Å². The number of ether oxygens (including phenoxy) is 1. The molecule has 0 atom stereocenters. The third-order valence-corrected chi connectivity index (χ3v) is 3.96. The van der Waals surface area contributed by atoms with Crippen LogP contribution in [0.2, 0.25) is 5.02 Å². The molecule has 0 saturated heterocycles. The summed E-state index contributed by atoms with van der Waals surface area (Å²) in [6, 6.07) is 12.9. The molecule has 0 unspecified atom stereocenters. The average Bonchev–Trinajstić information content (AvgIpc) is 3.06. The minimum atomic E-state index is -0.351. The van der Waals surface area contributed by atoms with Gasteiger partial charge >= 0.3 is 6.01 Å². The number of nitrogens with zero attached hydrogens (tertiary/aromatic N) is 3. The summed E-state index contributed by atoms with van der Waals surface area (Å²) in [5.41, 5.74) is 1.33. The number of carbonyl (C=O) groups excluding carboxylic acids is 1. The van der Waals surface area contributed by atoms with Crippen LogP contribution in [0.3, 0.4) is 0 Å². The molecule has 3 aromatic rings. The smallest absolute Gasteiger partial charge is 0.336 e. The molecule has 0 N–H and O–H groups in total. The highest BCUT2D eigenvalue weighted by atomic mass is 35.5. The van der Waals surface area contributed by atoms with Crippen molar-refractivity contribution in [1.29, 1.82) is 0 Å². The van der Waals surface area contributed by atoms with E-state index in [0.29, 0.717) is 34.5 Å². The van der Waals surface area contributed by atoms with Gasteiger partial charge in [-0.1, -0.05) is 49.7 Å². The van der Waals surface area contributed by atoms with Crippen LogP contribution < -0.4 is 4.74 Å². The summed E-state index contributed by atoms with van der Waals surface area (Å²) in [4.78, 5) is 17.2. The molecule has 1 heterocycles. The normalized spacial score (nSPS) is 11.0. The number of halogens is 2. The van der Waals surface area contributed by atoms with Crippen LogP contribution >= 0.6 is 11.6 Å². The van der Waals surface area contributed by atoms with Crippen LogP contribution in [-0.4, -0.2) is 27.3 Å². The maximum atomic E-state index is 13.1. The predicted molar refractivity (Wildman–Crippen MR) is 102 cm³/mol. The third kappa shape index (κ3) is 4.92. The largest absolute Gasteiger partial charge is 0.462 e. The van der Waals surface area contributed by atoms with Gasteiger partial charge in [-0.3, -0.25) is 4.79 Å². The van der Waals surface area contributed by atoms with Crippen molar-refractivity contribution in [2.75, 3.05) is 6.61 Å². The Bertz CT molecular complexity index is 939. The van der Waals surface area contributed by atoms with Crippen molar-refractivity contribution >= 4 is 17.5 Å². The molecule has 0 amide bonds. The van der Waals surface area contributed by atoms with Gasteiger partial charge in [0.2, 0.25) is 0 Å². The fourth-order valence-corrected chi connectivity index (χ4v) is 2.63. The van der Waals surface area contributed by atoms with Crippen molar-refractivity contribution < 1.29 is 13.9 Å². The minimum Gasteiger partial charge on any atom is -0.462 e. The molecule has 0 saturated carbocycles. The molecule has 1 aromatic heterocycles. The van der Waals surface area contributed by atoms with E-state index in [1.165, 1.54) is 16.8 Å². The second kappa shape index (κ2) is 8.31. The SMILES string of the molecule is CC(C)COc1nc(-c2cccc(Cl)c2)n(C(=O)Cc2ccc(F)cc2)n1. The van der Waals surface area contributed by atoms with Crippen molar-refractivity contribution in [2.45, 2.75) is 20.3 Å². The molecule has 0 bridgehead atoms. The van der Waals surface area contributed by atoms with Crippen LogP contribution in [0.4, 0.5) is 4.39 Å². The first-order valence-electron chi connectivity index (χ1n) is 8.56. The van der Waals surface area contributed by atoms with E-state index in [1.54, 1.807) is 36.4 Å². The number of aromatic nitrogens is 3. The highest BCUT2D eigenvalue weighted by Gasteiger charge is 2.19. The van der Waals surface area contributed by atoms with Crippen LogP contribution in [0.5, 0.6) is 6.01 Å². The zero-order chi connectivity index (χ0) is 19.4. The van der Waals surface area contributed by atoms with Gasteiger partial charge in [-0.2, -0.15) is 9.67 Å². The Morgan fingerprint density at radius 1 is 1.22 bits per heavy atom. The van der Waals surface area contributed by atoms with Gasteiger partial charge in [0.1, 0.15) is 5.82 Å². The lowest BCUT2D eigenvalue weighted by Crippen LogP contribution is -2.17. The molecule has 0 radical (unpaired) electrons. The van der Waals surface area contributed by atoms with Crippen molar-refractivity contribution in [2.24, 2.45) is 5.92 Å². The number of benzene rings is 2. The second-order valence-electron chi connectivity index (χ2n) is 6.54. The highest BCUT2D eigenvalue weighted by molar-refractivity contribution is 6.30. The van der Waals surface area contributed by atoms with Crippen LogP contribution in [0.25, 0.3) is 11.4 Å². The summed E-state index contributed by atoms with van der Waals surface area (Å²) in [5.74, 6) is -0.00993. The Hall–Kier alpha value is -2.73. The molecule has 0 spiro atoms. The van der Waals surface area contributed by atoms with Crippen LogP contribution in [0, 0.1) is 11.7 Å². The van der Waals surface area contributed by atoms with Crippen LogP contribution in [-0.2, 0) is 6.42 Å². The molecule has 3 rings (SSSR count). The molecule has 27 heavy (non-hydrogen) atoms. The average molecular weight is 388 g/mol. The Labute approximate surface area is 161 Å². The molecular weight excluding hydrogens is 369 g/mol. The molecule has 0 fully saturated rings. The number of rotatable bonds is 6. The lowest BCUT2D eigenvalue weighted by Gasteiger charge is -2.05. The van der Waals surface area contributed by atoms with E-state index in [0.717, 1.165) is 0 Å². The topological polar surface area (TPSA) is 57.0 Å². The van der Waals surface area contributed by atoms with Crippen molar-refractivity contribution in [3.8, 4) is 17.4 Å². The second-order valence-corrected chi connectivity index (χ2v) is 6.98. The zero-order valence-electron chi connectivity index (χ0n) is 15.0. The summed E-state index contributed by atoms with van der Waals surface area (Å²) < 4.78 is 19.9. The Morgan fingerprint density at radius 2 is 1.96 bits per heavy atom. The monoisotopic (exact) mass is 387 g/mol. The maximum absolute atomic E-state index is 13.1. The fraction of sp³-hybridized carbons (Fsp3) is 0.250. The number of hydrogen-bond donors (Lipinski definition) is 0. The lowest BCUT2D eigenvalue weighted by molar-refractivity contribution is 0.0897. The molecule has 5 nitrogen and oxygen atoms in total. The van der Waals surface area contributed by atoms with E-state index >= 15 is 0 Å². The molecular formula is C20H19ClFN3O2. The van der Waals surface area contributed by atoms with E-state index in [9.17, 15) is 9.18 Å². The van der Waals surface area contributed by atoms with Crippen molar-refractivity contribution in [1.82, 2.24) is 14.8 Å². The summed E-state index contributed by atoms with van der Waals surface area (Å²) in [7, 11) is 0. The van der Waals surface area contributed by atoms with Gasteiger partial charge in [0.05, 0.1) is 13.0 Å². The maximum Gasteiger partial charge on any atom is 0.336 e. The molecule has 2 aromatic carbocycles. The lowest BCUT2D eigenvalue weighted by atomic mass is 10.1. The third-order valence-electron chi connectivity index (χ3n) is 3.72. The number of carbonyl (C=O) groups is 1. The van der Waals surface area contributed by atoms with E-state index in [-0.39, 0.29) is 24.2 Å². The Morgan fingerprint density at radius 3 is 2.63 bits per heavy atom. The first-order valence-corrected chi connectivity index (χ1v) is 8.93. The molecule has 0 aliphatic carbocycles. The summed E-state index contributed by atoms with van der Waals surface area (Å²) in [6.07, 6.45) is 0.0564. The van der Waals surface area contributed by atoms with E-state index in [2.05, 4.69) is 10.1 Å². The quantitative estimate of drug-likeness (QED) is 0.617. The van der Waals surface area contributed by atoms with Gasteiger partial charge in [0, 0.05) is 10.6 Å². The molecule has 0 aliphatic heterocycles. The highest BCUT2D eigenvalue weighted by Crippen LogP contribution is 2.23. The minimum absolute atomic E-state index is 0.0564. The predicted octanol–water partition coefficient (Wildman–Crippen LogP) is 4.66. The van der Waals surface area contributed by atoms with Crippen molar-refractivity contribution in [3.63, 3.8) is 0 Å². The molecule has 140 valence electrons. The van der Waals surface area contributed by atoms with Crippen LogP contribution in [0.1, 0.15) is 24.2 Å². The van der Waals surface area contributed by atoms with Gasteiger partial charge < -0.3 is 4.74 Å². The first-order chi connectivity index (χ1) is 12.9. The summed E-state index contributed by atoms with van der Waals surface area (Å²) >= 11 is 6.07. The number of hydrogen-bond acceptors (Lipinski definition) is 4. The first kappa shape index (κ1) is 19.0. The van der Waals surface area contributed by atoms with Gasteiger partial charge in [0.25, 0.3) is 5.91 Å². The van der Waals surface area contributed by atoms with Gasteiger partial charge in [0.15, 0.2) is 5.82 Å². The molecule has 0 aliphatic rings. The fourth-order valence-electron chi connectivity index (χ4n) is 2.44. The van der Waals surface area contributed by atoms with Crippen molar-refractivity contribution in [3.05, 3.63) is 64.9 Å².